The van der Waals surface area contributed by atoms with Crippen LogP contribution in [-0.4, -0.2) is 67.2 Å². The second-order valence-corrected chi connectivity index (χ2v) is 12.0. The van der Waals surface area contributed by atoms with E-state index in [0.717, 1.165) is 41.9 Å². The van der Waals surface area contributed by atoms with E-state index < -0.39 is 47.9 Å². The molecule has 3 aromatic carbocycles. The van der Waals surface area contributed by atoms with Gasteiger partial charge < -0.3 is 19.7 Å². The van der Waals surface area contributed by atoms with Crippen LogP contribution in [0.5, 0.6) is 0 Å². The summed E-state index contributed by atoms with van der Waals surface area (Å²) in [4.78, 5) is 52.4. The first-order valence-corrected chi connectivity index (χ1v) is 15.5. The Morgan fingerprint density at radius 2 is 1.38 bits per heavy atom. The summed E-state index contributed by atoms with van der Waals surface area (Å²) in [6, 6.07) is 21.5. The van der Waals surface area contributed by atoms with Gasteiger partial charge in [-0.2, -0.15) is 13.2 Å². The van der Waals surface area contributed by atoms with Gasteiger partial charge in [-0.05, 0) is 53.5 Å². The van der Waals surface area contributed by atoms with Crippen molar-refractivity contribution in [1.82, 2.24) is 10.2 Å². The first kappa shape index (κ1) is 35.2. The average Bonchev–Trinajstić information content (AvgIpc) is 3.37. The van der Waals surface area contributed by atoms with Gasteiger partial charge in [-0.3, -0.25) is 14.4 Å². The van der Waals surface area contributed by atoms with Gasteiger partial charge in [-0.15, -0.1) is 0 Å². The summed E-state index contributed by atoms with van der Waals surface area (Å²) in [7, 11) is 0.981. The molecule has 0 heterocycles. The van der Waals surface area contributed by atoms with E-state index in [-0.39, 0.29) is 42.7 Å². The summed E-state index contributed by atoms with van der Waals surface area (Å²) in [5.74, 6) is -6.41. The van der Waals surface area contributed by atoms with Crippen LogP contribution in [0.4, 0.5) is 13.2 Å². The number of esters is 2. The second-order valence-electron chi connectivity index (χ2n) is 12.0. The largest absolute Gasteiger partial charge is 0.471 e. The van der Waals surface area contributed by atoms with Crippen molar-refractivity contribution in [1.29, 1.82) is 0 Å². The van der Waals surface area contributed by atoms with Gasteiger partial charge in [0, 0.05) is 12.5 Å². The molecule has 3 atom stereocenters. The van der Waals surface area contributed by atoms with Gasteiger partial charge in [0.25, 0.3) is 0 Å². The molecule has 4 rings (SSSR count). The number of methoxy groups -OCH3 is 1. The number of nitrogens with one attached hydrogen (secondary N) is 1. The van der Waals surface area contributed by atoms with Crippen molar-refractivity contribution in [3.05, 3.63) is 95.6 Å². The Morgan fingerprint density at radius 1 is 0.830 bits per heavy atom. The standard InChI is InChI=1S/C36H39F3N2O6/c1-22(2)18-31(41(23(3)33(43)46-4)35(45)36(37,38)39)32(42)40-20-25(19-24-12-6-5-7-13-24)34(44)47-21-30-28-16-10-8-14-26(28)27-15-9-11-17-29(27)30/h5-17,22-23,25,30-31H,18-21H2,1-4H3,(H,40,42)/t23-,25-,31?/m0/s1. The van der Waals surface area contributed by atoms with Gasteiger partial charge in [0.2, 0.25) is 5.91 Å². The van der Waals surface area contributed by atoms with E-state index in [4.69, 9.17) is 4.74 Å². The molecule has 0 aromatic heterocycles. The van der Waals surface area contributed by atoms with Crippen LogP contribution in [0.3, 0.4) is 0 Å². The van der Waals surface area contributed by atoms with Gasteiger partial charge >= 0.3 is 24.0 Å². The zero-order chi connectivity index (χ0) is 34.3. The third kappa shape index (κ3) is 8.38. The highest BCUT2D eigenvalue weighted by Gasteiger charge is 2.49. The summed E-state index contributed by atoms with van der Waals surface area (Å²) < 4.78 is 51.6. The molecule has 250 valence electrons. The number of carbonyl (C=O) groups excluding carboxylic acids is 4. The van der Waals surface area contributed by atoms with E-state index in [2.05, 4.69) is 10.1 Å². The number of hydrogen-bond donors (Lipinski definition) is 1. The lowest BCUT2D eigenvalue weighted by atomic mass is 9.96. The molecule has 8 nitrogen and oxygen atoms in total. The molecule has 1 aliphatic carbocycles. The van der Waals surface area contributed by atoms with Gasteiger partial charge in [0.1, 0.15) is 18.7 Å². The van der Waals surface area contributed by atoms with Crippen LogP contribution in [0, 0.1) is 11.8 Å². The molecule has 47 heavy (non-hydrogen) atoms. The number of ether oxygens (including phenoxy) is 2. The Labute approximate surface area is 272 Å². The van der Waals surface area contributed by atoms with Gasteiger partial charge in [-0.1, -0.05) is 92.7 Å². The van der Waals surface area contributed by atoms with E-state index in [0.29, 0.717) is 0 Å². The number of nitrogens with zero attached hydrogens (tertiary/aromatic N) is 1. The maximum Gasteiger partial charge on any atom is 0.471 e. The Morgan fingerprint density at radius 3 is 1.91 bits per heavy atom. The molecule has 0 spiro atoms. The zero-order valence-electron chi connectivity index (χ0n) is 26.8. The summed E-state index contributed by atoms with van der Waals surface area (Å²) in [5, 5.41) is 2.59. The van der Waals surface area contributed by atoms with Crippen LogP contribution in [0.1, 0.15) is 49.8 Å². The molecule has 3 aromatic rings. The first-order chi connectivity index (χ1) is 22.3. The molecule has 11 heteroatoms. The summed E-state index contributed by atoms with van der Waals surface area (Å²) in [6.07, 6.45) is -5.35. The molecule has 1 N–H and O–H groups in total. The minimum absolute atomic E-state index is 0.0482. The number of hydrogen-bond acceptors (Lipinski definition) is 6. The van der Waals surface area contributed by atoms with Crippen molar-refractivity contribution in [2.24, 2.45) is 11.8 Å². The van der Waals surface area contributed by atoms with Crippen LogP contribution in [-0.2, 0) is 35.1 Å². The average molecular weight is 653 g/mol. The molecular weight excluding hydrogens is 613 g/mol. The molecule has 0 aliphatic heterocycles. The number of halogens is 3. The van der Waals surface area contributed by atoms with Crippen LogP contribution < -0.4 is 5.32 Å². The van der Waals surface area contributed by atoms with Crippen LogP contribution >= 0.6 is 0 Å². The normalized spacial score (nSPS) is 14.4. The fraction of sp³-hybridized carbons (Fsp3) is 0.389. The molecule has 0 saturated heterocycles. The molecule has 0 fully saturated rings. The Balaban J connectivity index is 1.56. The van der Waals surface area contributed by atoms with E-state index in [9.17, 15) is 32.3 Å². The van der Waals surface area contributed by atoms with Gasteiger partial charge in [0.05, 0.1) is 13.0 Å². The van der Waals surface area contributed by atoms with E-state index >= 15 is 0 Å². The summed E-state index contributed by atoms with van der Waals surface area (Å²) in [5.41, 5.74) is 4.97. The maximum atomic E-state index is 13.7. The lowest BCUT2D eigenvalue weighted by Gasteiger charge is -2.35. The number of benzene rings is 3. The SMILES string of the molecule is COC(=O)[C@H](C)N(C(=O)C(F)(F)F)C(CC(C)C)C(=O)NC[C@H](Cc1ccccc1)C(=O)OCC1c2ccccc2-c2ccccc21. The van der Waals surface area contributed by atoms with Gasteiger partial charge in [0.15, 0.2) is 0 Å². The number of fused-ring (bicyclic) bond motifs is 3. The first-order valence-electron chi connectivity index (χ1n) is 15.5. The zero-order valence-corrected chi connectivity index (χ0v) is 26.8. The fourth-order valence-electron chi connectivity index (χ4n) is 6.01. The third-order valence-corrected chi connectivity index (χ3v) is 8.31. The lowest BCUT2D eigenvalue weighted by molar-refractivity contribution is -0.193. The van der Waals surface area contributed by atoms with E-state index in [1.54, 1.807) is 26.0 Å². The van der Waals surface area contributed by atoms with Crippen molar-refractivity contribution in [2.45, 2.75) is 57.8 Å². The summed E-state index contributed by atoms with van der Waals surface area (Å²) in [6.45, 7) is 4.19. The number of rotatable bonds is 13. The van der Waals surface area contributed by atoms with Crippen LogP contribution in [0.25, 0.3) is 11.1 Å². The molecule has 1 aliphatic rings. The Hall–Kier alpha value is -4.67. The Bertz CT molecular complexity index is 1530. The third-order valence-electron chi connectivity index (χ3n) is 8.31. The minimum atomic E-state index is -5.35. The molecule has 1 unspecified atom stereocenters. The van der Waals surface area contributed by atoms with Crippen molar-refractivity contribution in [3.63, 3.8) is 0 Å². The number of carbonyl (C=O) groups is 4. The number of amides is 2. The highest BCUT2D eigenvalue weighted by molar-refractivity contribution is 5.93. The van der Waals surface area contributed by atoms with Crippen molar-refractivity contribution < 1.29 is 41.8 Å². The predicted molar refractivity (Wildman–Crippen MR) is 169 cm³/mol. The highest BCUT2D eigenvalue weighted by Crippen LogP contribution is 2.44. The summed E-state index contributed by atoms with van der Waals surface area (Å²) >= 11 is 0. The van der Waals surface area contributed by atoms with Gasteiger partial charge in [-0.25, -0.2) is 4.79 Å². The minimum Gasteiger partial charge on any atom is -0.467 e. The second kappa shape index (κ2) is 15.3. The van der Waals surface area contributed by atoms with Crippen molar-refractivity contribution in [3.8, 4) is 11.1 Å². The van der Waals surface area contributed by atoms with Crippen LogP contribution in [0.15, 0.2) is 78.9 Å². The molecule has 2 amide bonds. The maximum absolute atomic E-state index is 13.7. The smallest absolute Gasteiger partial charge is 0.467 e. The predicted octanol–water partition coefficient (Wildman–Crippen LogP) is 5.68. The Kier molecular flexibility index (Phi) is 11.4. The topological polar surface area (TPSA) is 102 Å². The molecular formula is C36H39F3N2O6. The molecule has 0 radical (unpaired) electrons. The fourth-order valence-corrected chi connectivity index (χ4v) is 6.01. The van der Waals surface area contributed by atoms with Crippen molar-refractivity contribution in [2.75, 3.05) is 20.3 Å². The molecule has 0 bridgehead atoms. The van der Waals surface area contributed by atoms with Crippen molar-refractivity contribution >= 4 is 23.8 Å². The number of alkyl halides is 3. The highest BCUT2D eigenvalue weighted by atomic mass is 19.4. The lowest BCUT2D eigenvalue weighted by Crippen LogP contribution is -2.59. The van der Waals surface area contributed by atoms with Crippen LogP contribution in [0.2, 0.25) is 0 Å². The molecule has 0 saturated carbocycles. The quantitative estimate of drug-likeness (QED) is 0.239. The van der Waals surface area contributed by atoms with E-state index in [1.165, 1.54) is 0 Å². The monoisotopic (exact) mass is 652 g/mol. The van der Waals surface area contributed by atoms with E-state index in [1.807, 2.05) is 66.7 Å².